The van der Waals surface area contributed by atoms with E-state index in [0.29, 0.717) is 25.1 Å². The number of benzene rings is 3. The predicted octanol–water partition coefficient (Wildman–Crippen LogP) is 4.42. The van der Waals surface area contributed by atoms with Gasteiger partial charge in [0, 0.05) is 17.8 Å². The summed E-state index contributed by atoms with van der Waals surface area (Å²) in [5.41, 5.74) is 5.13. The van der Waals surface area contributed by atoms with Gasteiger partial charge in [0.25, 0.3) is 0 Å². The van der Waals surface area contributed by atoms with E-state index in [1.807, 2.05) is 73.7 Å². The van der Waals surface area contributed by atoms with E-state index in [9.17, 15) is 13.2 Å². The molecular weight excluding hydrogens is 396 g/mol. The number of fused-ring (bicyclic) bond motifs is 1. The summed E-state index contributed by atoms with van der Waals surface area (Å²) in [4.78, 5) is 14.3. The van der Waals surface area contributed by atoms with Crippen molar-refractivity contribution in [1.82, 2.24) is 0 Å². The van der Waals surface area contributed by atoms with Crippen molar-refractivity contribution in [2.75, 3.05) is 9.62 Å². The smallest absolute Gasteiger partial charge is 0.236 e. The minimum absolute atomic E-state index is 0.0740. The Morgan fingerprint density at radius 1 is 0.933 bits per heavy atom. The Kier molecular flexibility index (Phi) is 5.59. The SMILES string of the molecule is Cc1ccccc1CS(=O)(=O)Nc1ccc2c(c1)CCC(=O)N2Cc1ccccc1. The van der Waals surface area contributed by atoms with E-state index in [0.717, 1.165) is 27.9 Å². The van der Waals surface area contributed by atoms with Crippen molar-refractivity contribution >= 4 is 27.3 Å². The maximum absolute atomic E-state index is 12.7. The predicted molar refractivity (Wildman–Crippen MR) is 120 cm³/mol. The van der Waals surface area contributed by atoms with Gasteiger partial charge in [-0.3, -0.25) is 9.52 Å². The first-order valence-electron chi connectivity index (χ1n) is 9.93. The summed E-state index contributed by atoms with van der Waals surface area (Å²) < 4.78 is 28.0. The molecule has 0 fully saturated rings. The van der Waals surface area contributed by atoms with Gasteiger partial charge in [0.2, 0.25) is 15.9 Å². The molecule has 0 bridgehead atoms. The zero-order chi connectivity index (χ0) is 21.1. The Morgan fingerprint density at radius 2 is 1.67 bits per heavy atom. The van der Waals surface area contributed by atoms with Crippen LogP contribution in [0.15, 0.2) is 72.8 Å². The lowest BCUT2D eigenvalue weighted by Crippen LogP contribution is -2.34. The van der Waals surface area contributed by atoms with Gasteiger partial charge in [-0.1, -0.05) is 54.6 Å². The zero-order valence-corrected chi connectivity index (χ0v) is 17.7. The van der Waals surface area contributed by atoms with Crippen molar-refractivity contribution < 1.29 is 13.2 Å². The summed E-state index contributed by atoms with van der Waals surface area (Å²) in [5.74, 6) is 0.00859. The van der Waals surface area contributed by atoms with E-state index in [4.69, 9.17) is 0 Å². The third-order valence-corrected chi connectivity index (χ3v) is 6.58. The molecule has 5 nitrogen and oxygen atoms in total. The summed E-state index contributed by atoms with van der Waals surface area (Å²) in [6.07, 6.45) is 1.02. The maximum atomic E-state index is 12.7. The summed E-state index contributed by atoms with van der Waals surface area (Å²) in [5, 5.41) is 0. The molecule has 0 unspecified atom stereocenters. The molecule has 154 valence electrons. The molecule has 1 amide bonds. The fourth-order valence-electron chi connectivity index (χ4n) is 3.76. The molecule has 6 heteroatoms. The van der Waals surface area contributed by atoms with E-state index in [-0.39, 0.29) is 11.7 Å². The van der Waals surface area contributed by atoms with E-state index in [1.165, 1.54) is 0 Å². The van der Waals surface area contributed by atoms with E-state index in [2.05, 4.69) is 4.72 Å². The topological polar surface area (TPSA) is 66.5 Å². The molecule has 4 rings (SSSR count). The molecule has 0 saturated heterocycles. The zero-order valence-electron chi connectivity index (χ0n) is 16.8. The fraction of sp³-hybridized carbons (Fsp3) is 0.208. The van der Waals surface area contributed by atoms with Crippen molar-refractivity contribution in [3.8, 4) is 0 Å². The number of sulfonamides is 1. The lowest BCUT2D eigenvalue weighted by atomic mass is 10.00. The molecule has 0 saturated carbocycles. The molecule has 1 aliphatic heterocycles. The standard InChI is InChI=1S/C24H24N2O3S/c1-18-7-5-6-10-21(18)17-30(28,29)25-22-12-13-23-20(15-22)11-14-24(27)26(23)16-19-8-3-2-4-9-19/h2-10,12-13,15,25H,11,14,16-17H2,1H3. The number of nitrogens with zero attached hydrogens (tertiary/aromatic N) is 1. The molecule has 1 N–H and O–H groups in total. The highest BCUT2D eigenvalue weighted by molar-refractivity contribution is 7.91. The first-order chi connectivity index (χ1) is 14.4. The van der Waals surface area contributed by atoms with Crippen molar-refractivity contribution in [3.05, 3.63) is 95.1 Å². The normalized spacial score (nSPS) is 13.8. The van der Waals surface area contributed by atoms with Crippen LogP contribution in [0.25, 0.3) is 0 Å². The van der Waals surface area contributed by atoms with Gasteiger partial charge in [0.05, 0.1) is 12.3 Å². The average molecular weight is 421 g/mol. The monoisotopic (exact) mass is 420 g/mol. The van der Waals surface area contributed by atoms with Gasteiger partial charge >= 0.3 is 0 Å². The van der Waals surface area contributed by atoms with E-state index in [1.54, 1.807) is 11.0 Å². The van der Waals surface area contributed by atoms with Crippen LogP contribution in [0.2, 0.25) is 0 Å². The lowest BCUT2D eigenvalue weighted by molar-refractivity contribution is -0.119. The maximum Gasteiger partial charge on any atom is 0.236 e. The minimum atomic E-state index is -3.54. The van der Waals surface area contributed by atoms with Crippen molar-refractivity contribution in [2.24, 2.45) is 0 Å². The molecule has 0 radical (unpaired) electrons. The summed E-state index contributed by atoms with van der Waals surface area (Å²) in [7, 11) is -3.54. The number of carbonyl (C=O) groups is 1. The van der Waals surface area contributed by atoms with Gasteiger partial charge < -0.3 is 4.90 Å². The van der Waals surface area contributed by atoms with Crippen LogP contribution in [0.5, 0.6) is 0 Å². The molecule has 0 aliphatic carbocycles. The van der Waals surface area contributed by atoms with E-state index >= 15 is 0 Å². The van der Waals surface area contributed by atoms with Crippen molar-refractivity contribution in [3.63, 3.8) is 0 Å². The Bertz CT molecular complexity index is 1170. The van der Waals surface area contributed by atoms with Crippen molar-refractivity contribution in [1.29, 1.82) is 0 Å². The van der Waals surface area contributed by atoms with Crippen LogP contribution >= 0.6 is 0 Å². The third-order valence-electron chi connectivity index (χ3n) is 5.34. The molecule has 30 heavy (non-hydrogen) atoms. The highest BCUT2D eigenvalue weighted by atomic mass is 32.2. The number of rotatable bonds is 6. The molecule has 0 atom stereocenters. The largest absolute Gasteiger partial charge is 0.308 e. The second-order valence-electron chi connectivity index (χ2n) is 7.60. The number of aryl methyl sites for hydroxylation is 2. The molecule has 0 spiro atoms. The third kappa shape index (κ3) is 4.54. The summed E-state index contributed by atoms with van der Waals surface area (Å²) in [6.45, 7) is 2.41. The van der Waals surface area contributed by atoms with Gasteiger partial charge in [0.15, 0.2) is 0 Å². The van der Waals surface area contributed by atoms with Crippen molar-refractivity contribution in [2.45, 2.75) is 32.1 Å². The second-order valence-corrected chi connectivity index (χ2v) is 9.32. The van der Waals surface area contributed by atoms with Crippen LogP contribution in [0, 0.1) is 6.92 Å². The second kappa shape index (κ2) is 8.32. The molecule has 3 aromatic rings. The Labute approximate surface area is 177 Å². The highest BCUT2D eigenvalue weighted by Gasteiger charge is 2.25. The summed E-state index contributed by atoms with van der Waals surface area (Å²) in [6, 6.07) is 22.7. The quantitative estimate of drug-likeness (QED) is 0.642. The Morgan fingerprint density at radius 3 is 2.43 bits per heavy atom. The molecule has 1 aliphatic rings. The van der Waals surface area contributed by atoms with Crippen LogP contribution in [0.4, 0.5) is 11.4 Å². The van der Waals surface area contributed by atoms with Gasteiger partial charge in [-0.15, -0.1) is 0 Å². The first kappa shape index (κ1) is 20.2. The minimum Gasteiger partial charge on any atom is -0.308 e. The summed E-state index contributed by atoms with van der Waals surface area (Å²) >= 11 is 0. The van der Waals surface area contributed by atoms with Crippen LogP contribution in [-0.2, 0) is 33.5 Å². The number of anilines is 2. The Balaban J connectivity index is 1.55. The van der Waals surface area contributed by atoms with Gasteiger partial charge in [-0.2, -0.15) is 0 Å². The number of nitrogens with one attached hydrogen (secondary N) is 1. The van der Waals surface area contributed by atoms with Crippen LogP contribution < -0.4 is 9.62 Å². The van der Waals surface area contributed by atoms with Gasteiger partial charge in [-0.05, 0) is 53.8 Å². The molecule has 0 aromatic heterocycles. The number of amides is 1. The fourth-order valence-corrected chi connectivity index (χ4v) is 5.05. The van der Waals surface area contributed by atoms with E-state index < -0.39 is 10.0 Å². The highest BCUT2D eigenvalue weighted by Crippen LogP contribution is 2.32. The molecule has 1 heterocycles. The first-order valence-corrected chi connectivity index (χ1v) is 11.6. The van der Waals surface area contributed by atoms with Gasteiger partial charge in [-0.25, -0.2) is 8.42 Å². The average Bonchev–Trinajstić information content (AvgIpc) is 2.72. The molecule has 3 aromatic carbocycles. The van der Waals surface area contributed by atoms with Crippen LogP contribution in [0.1, 0.15) is 28.7 Å². The van der Waals surface area contributed by atoms with Gasteiger partial charge in [0.1, 0.15) is 0 Å². The number of hydrogen-bond donors (Lipinski definition) is 1. The van der Waals surface area contributed by atoms with Crippen LogP contribution in [0.3, 0.4) is 0 Å². The Hall–Kier alpha value is -3.12. The number of carbonyl (C=O) groups excluding carboxylic acids is 1. The molecular formula is C24H24N2O3S. The van der Waals surface area contributed by atoms with Crippen LogP contribution in [-0.4, -0.2) is 14.3 Å². The number of hydrogen-bond acceptors (Lipinski definition) is 3. The lowest BCUT2D eigenvalue weighted by Gasteiger charge is -2.30.